The lowest BCUT2D eigenvalue weighted by atomic mass is 10.4. The maximum absolute atomic E-state index is 5.10. The summed E-state index contributed by atoms with van der Waals surface area (Å²) in [6.07, 6.45) is 4.45. The molecule has 1 nitrogen and oxygen atoms in total. The number of hydrogen-bond acceptors (Lipinski definition) is 2. The molecule has 1 unspecified atom stereocenters. The van der Waals surface area contributed by atoms with E-state index in [9.17, 15) is 0 Å². The molecule has 50 valence electrons. The average molecular weight is 134 g/mol. The molecule has 0 aromatic rings. The lowest BCUT2D eigenvalue weighted by molar-refractivity contribution is 0.165. The normalized spacial score (nSPS) is 13.9. The molecule has 0 rings (SSSR count). The zero-order valence-electron chi connectivity index (χ0n) is 5.81. The van der Waals surface area contributed by atoms with Crippen LogP contribution in [0.1, 0.15) is 19.8 Å². The highest BCUT2D eigenvalue weighted by Gasteiger charge is 1.99. The van der Waals surface area contributed by atoms with Gasteiger partial charge in [-0.1, -0.05) is 13.3 Å². The van der Waals surface area contributed by atoms with Crippen molar-refractivity contribution >= 4 is 11.8 Å². The Morgan fingerprint density at radius 2 is 2.25 bits per heavy atom. The van der Waals surface area contributed by atoms with Gasteiger partial charge in [0.1, 0.15) is 5.44 Å². The van der Waals surface area contributed by atoms with Crippen molar-refractivity contribution < 1.29 is 4.74 Å². The van der Waals surface area contributed by atoms with Gasteiger partial charge in [0.05, 0.1) is 0 Å². The van der Waals surface area contributed by atoms with Crippen molar-refractivity contribution in [3.8, 4) is 0 Å². The van der Waals surface area contributed by atoms with Crippen molar-refractivity contribution in [3.05, 3.63) is 0 Å². The molecule has 0 saturated carbocycles. The van der Waals surface area contributed by atoms with Crippen molar-refractivity contribution in [1.29, 1.82) is 0 Å². The topological polar surface area (TPSA) is 9.23 Å². The van der Waals surface area contributed by atoms with Gasteiger partial charge in [0.2, 0.25) is 0 Å². The van der Waals surface area contributed by atoms with Gasteiger partial charge >= 0.3 is 0 Å². The van der Waals surface area contributed by atoms with Crippen molar-refractivity contribution in [2.24, 2.45) is 0 Å². The molecule has 0 aliphatic carbocycles. The van der Waals surface area contributed by atoms with Gasteiger partial charge in [-0.3, -0.25) is 0 Å². The molecule has 0 radical (unpaired) electrons. The summed E-state index contributed by atoms with van der Waals surface area (Å²) < 4.78 is 5.10. The molecule has 0 amide bonds. The Balaban J connectivity index is 3.07. The first-order chi connectivity index (χ1) is 3.85. The van der Waals surface area contributed by atoms with Crippen LogP contribution in [0.5, 0.6) is 0 Å². The molecule has 8 heavy (non-hydrogen) atoms. The molecule has 0 fully saturated rings. The monoisotopic (exact) mass is 134 g/mol. The number of rotatable bonds is 4. The maximum atomic E-state index is 5.10. The molecular formula is C6H14OS. The Morgan fingerprint density at radius 3 is 2.38 bits per heavy atom. The van der Waals surface area contributed by atoms with Crippen molar-refractivity contribution in [3.63, 3.8) is 0 Å². The Hall–Kier alpha value is 0.310. The molecule has 0 spiro atoms. The van der Waals surface area contributed by atoms with E-state index in [1.807, 2.05) is 0 Å². The van der Waals surface area contributed by atoms with Crippen LogP contribution < -0.4 is 0 Å². The largest absolute Gasteiger partial charge is 0.371 e. The summed E-state index contributed by atoms with van der Waals surface area (Å²) in [5.74, 6) is 0. The highest BCUT2D eigenvalue weighted by Crippen LogP contribution is 2.12. The van der Waals surface area contributed by atoms with Crippen molar-refractivity contribution in [1.82, 2.24) is 0 Å². The van der Waals surface area contributed by atoms with Crippen LogP contribution in [0, 0.1) is 0 Å². The first-order valence-electron chi connectivity index (χ1n) is 2.90. The number of methoxy groups -OCH3 is 1. The van der Waals surface area contributed by atoms with E-state index in [0.717, 1.165) is 6.42 Å². The second-order valence-electron chi connectivity index (χ2n) is 1.69. The standard InChI is InChI=1S/C6H14OS/c1-4-5-6(7-2)8-3/h6H,4-5H2,1-3H3. The van der Waals surface area contributed by atoms with Crippen molar-refractivity contribution in [2.45, 2.75) is 25.2 Å². The summed E-state index contributed by atoms with van der Waals surface area (Å²) in [5, 5.41) is 0. The Morgan fingerprint density at radius 1 is 1.62 bits per heavy atom. The lowest BCUT2D eigenvalue weighted by Gasteiger charge is -2.09. The average Bonchev–Trinajstić information content (AvgIpc) is 1.83. The molecule has 0 aromatic carbocycles. The second-order valence-corrected chi connectivity index (χ2v) is 2.69. The first kappa shape index (κ1) is 8.31. The SMILES string of the molecule is CCCC(OC)SC. The van der Waals surface area contributed by atoms with Gasteiger partial charge < -0.3 is 4.74 Å². The molecule has 0 bridgehead atoms. The zero-order chi connectivity index (χ0) is 6.41. The van der Waals surface area contributed by atoms with E-state index in [-0.39, 0.29) is 0 Å². The van der Waals surface area contributed by atoms with Gasteiger partial charge in [-0.25, -0.2) is 0 Å². The quantitative estimate of drug-likeness (QED) is 0.545. The van der Waals surface area contributed by atoms with E-state index in [4.69, 9.17) is 4.74 Å². The third kappa shape index (κ3) is 3.33. The summed E-state index contributed by atoms with van der Waals surface area (Å²) in [6.45, 7) is 2.17. The highest BCUT2D eigenvalue weighted by molar-refractivity contribution is 7.99. The molecule has 1 atom stereocenters. The van der Waals surface area contributed by atoms with Crippen molar-refractivity contribution in [2.75, 3.05) is 13.4 Å². The van der Waals surface area contributed by atoms with Crippen LogP contribution in [0.2, 0.25) is 0 Å². The molecule has 0 N–H and O–H groups in total. The number of hydrogen-bond donors (Lipinski definition) is 0. The maximum Gasteiger partial charge on any atom is 0.102 e. The summed E-state index contributed by atoms with van der Waals surface area (Å²) in [6, 6.07) is 0. The van der Waals surface area contributed by atoms with Crippen LogP contribution in [0.3, 0.4) is 0 Å². The van der Waals surface area contributed by atoms with Crippen LogP contribution in [0.15, 0.2) is 0 Å². The summed E-state index contributed by atoms with van der Waals surface area (Å²) in [7, 11) is 1.76. The summed E-state index contributed by atoms with van der Waals surface area (Å²) in [5.41, 5.74) is 0.417. The van der Waals surface area contributed by atoms with Gasteiger partial charge in [0, 0.05) is 7.11 Å². The predicted molar refractivity (Wildman–Crippen MR) is 39.2 cm³/mol. The van der Waals surface area contributed by atoms with E-state index in [2.05, 4.69) is 13.2 Å². The predicted octanol–water partition coefficient (Wildman–Crippen LogP) is 2.12. The third-order valence-corrected chi connectivity index (χ3v) is 2.00. The van der Waals surface area contributed by atoms with E-state index >= 15 is 0 Å². The highest BCUT2D eigenvalue weighted by atomic mass is 32.2. The van der Waals surface area contributed by atoms with Crippen LogP contribution >= 0.6 is 11.8 Å². The van der Waals surface area contributed by atoms with E-state index in [0.29, 0.717) is 5.44 Å². The smallest absolute Gasteiger partial charge is 0.102 e. The Bertz CT molecular complexity index is 43.8. The van der Waals surface area contributed by atoms with Gasteiger partial charge in [-0.05, 0) is 12.7 Å². The minimum atomic E-state index is 0.417. The fraction of sp³-hybridized carbons (Fsp3) is 1.00. The summed E-state index contributed by atoms with van der Waals surface area (Å²) in [4.78, 5) is 0. The van der Waals surface area contributed by atoms with E-state index in [1.165, 1.54) is 6.42 Å². The fourth-order valence-electron chi connectivity index (χ4n) is 0.568. The van der Waals surface area contributed by atoms with Gasteiger partial charge in [-0.2, -0.15) is 0 Å². The van der Waals surface area contributed by atoms with Crippen LogP contribution in [0.25, 0.3) is 0 Å². The van der Waals surface area contributed by atoms with E-state index < -0.39 is 0 Å². The molecule has 2 heteroatoms. The van der Waals surface area contributed by atoms with E-state index in [1.54, 1.807) is 18.9 Å². The van der Waals surface area contributed by atoms with Gasteiger partial charge in [0.25, 0.3) is 0 Å². The fourth-order valence-corrected chi connectivity index (χ4v) is 1.23. The first-order valence-corrected chi connectivity index (χ1v) is 4.19. The van der Waals surface area contributed by atoms with Crippen LogP contribution in [-0.2, 0) is 4.74 Å². The molecule has 0 aliphatic rings. The minimum absolute atomic E-state index is 0.417. The third-order valence-electron chi connectivity index (χ3n) is 1.05. The minimum Gasteiger partial charge on any atom is -0.371 e. The number of thioether (sulfide) groups is 1. The van der Waals surface area contributed by atoms with Crippen LogP contribution in [0.4, 0.5) is 0 Å². The molecule has 0 saturated heterocycles. The Labute approximate surface area is 55.8 Å². The van der Waals surface area contributed by atoms with Gasteiger partial charge in [-0.15, -0.1) is 11.8 Å². The summed E-state index contributed by atoms with van der Waals surface area (Å²) >= 11 is 1.77. The van der Waals surface area contributed by atoms with Gasteiger partial charge in [0.15, 0.2) is 0 Å². The second kappa shape index (κ2) is 5.45. The molecule has 0 aliphatic heterocycles. The Kier molecular flexibility index (Phi) is 5.66. The molecular weight excluding hydrogens is 120 g/mol. The molecule has 0 aromatic heterocycles. The lowest BCUT2D eigenvalue weighted by Crippen LogP contribution is -2.02. The van der Waals surface area contributed by atoms with Crippen LogP contribution in [-0.4, -0.2) is 18.8 Å². The zero-order valence-corrected chi connectivity index (χ0v) is 6.62. The number of ether oxygens (including phenoxy) is 1. The molecule has 0 heterocycles.